The second-order valence-electron chi connectivity index (χ2n) is 7.87. The van der Waals surface area contributed by atoms with Crippen molar-refractivity contribution in [3.8, 4) is 11.5 Å². The number of para-hydroxylation sites is 2. The van der Waals surface area contributed by atoms with E-state index in [2.05, 4.69) is 4.98 Å². The summed E-state index contributed by atoms with van der Waals surface area (Å²) in [5.74, 6) is 0.499. The lowest BCUT2D eigenvalue weighted by Crippen LogP contribution is -2.36. The smallest absolute Gasteiger partial charge is 0.360 e. The number of hydrogen-bond donors (Lipinski definition) is 0. The molecule has 1 aliphatic heterocycles. The third kappa shape index (κ3) is 5.01. The first-order chi connectivity index (χ1) is 16.9. The summed E-state index contributed by atoms with van der Waals surface area (Å²) in [5, 5.41) is 0. The zero-order valence-electron chi connectivity index (χ0n) is 19.9. The Labute approximate surface area is 204 Å². The van der Waals surface area contributed by atoms with E-state index < -0.39 is 16.0 Å². The van der Waals surface area contributed by atoms with Crippen molar-refractivity contribution < 1.29 is 27.4 Å². The molecule has 0 radical (unpaired) electrons. The highest BCUT2D eigenvalue weighted by molar-refractivity contribution is 7.89. The molecule has 0 aliphatic carbocycles. The minimum Gasteiger partial charge on any atom is -0.497 e. The highest BCUT2D eigenvalue weighted by atomic mass is 32.2. The summed E-state index contributed by atoms with van der Waals surface area (Å²) in [7, 11) is -0.951. The average Bonchev–Trinajstić information content (AvgIpc) is 3.14. The quantitative estimate of drug-likeness (QED) is 0.452. The second-order valence-corrected chi connectivity index (χ2v) is 9.77. The van der Waals surface area contributed by atoms with Gasteiger partial charge in [-0.05, 0) is 37.6 Å². The minimum absolute atomic E-state index is 0.0468. The van der Waals surface area contributed by atoms with Gasteiger partial charge in [0.15, 0.2) is 11.5 Å². The third-order valence-electron chi connectivity index (χ3n) is 5.76. The predicted molar refractivity (Wildman–Crippen MR) is 131 cm³/mol. The number of fused-ring (bicyclic) bond motifs is 1. The van der Waals surface area contributed by atoms with E-state index in [9.17, 15) is 13.2 Å². The fourth-order valence-electron chi connectivity index (χ4n) is 4.02. The van der Waals surface area contributed by atoms with Crippen LogP contribution in [-0.2, 0) is 14.8 Å². The maximum atomic E-state index is 13.5. The standard InChI is InChI=1S/C24H28N4O6S/c1-4-34-24(29)22-23(26-19-9-6-5-8-18(19)25-22)27-12-7-13-28(15-14-27)35(30,31)21-16-17(32-2)10-11-20(21)33-3/h5-6,8-11,16H,4,7,12-15H2,1-3H3. The number of benzene rings is 2. The largest absolute Gasteiger partial charge is 0.497 e. The molecule has 10 nitrogen and oxygen atoms in total. The molecule has 1 fully saturated rings. The maximum absolute atomic E-state index is 13.5. The van der Waals surface area contributed by atoms with E-state index in [0.29, 0.717) is 48.7 Å². The molecule has 186 valence electrons. The molecule has 1 aromatic heterocycles. The van der Waals surface area contributed by atoms with Crippen LogP contribution in [0.5, 0.6) is 11.5 Å². The van der Waals surface area contributed by atoms with Gasteiger partial charge in [-0.1, -0.05) is 12.1 Å². The lowest BCUT2D eigenvalue weighted by atomic mass is 10.2. The molecule has 0 N–H and O–H groups in total. The fourth-order valence-corrected chi connectivity index (χ4v) is 5.66. The van der Waals surface area contributed by atoms with Gasteiger partial charge in [0.05, 0.1) is 31.9 Å². The number of carbonyl (C=O) groups is 1. The van der Waals surface area contributed by atoms with Crippen LogP contribution in [0.15, 0.2) is 47.4 Å². The van der Waals surface area contributed by atoms with Crippen LogP contribution in [0.3, 0.4) is 0 Å². The van der Waals surface area contributed by atoms with E-state index in [0.717, 1.165) is 0 Å². The first kappa shape index (κ1) is 24.7. The number of ether oxygens (including phenoxy) is 3. The monoisotopic (exact) mass is 500 g/mol. The first-order valence-corrected chi connectivity index (χ1v) is 12.7. The Kier molecular flexibility index (Phi) is 7.37. The van der Waals surface area contributed by atoms with Gasteiger partial charge in [-0.25, -0.2) is 23.2 Å². The molecule has 0 saturated carbocycles. The van der Waals surface area contributed by atoms with Gasteiger partial charge in [-0.3, -0.25) is 0 Å². The molecule has 0 bridgehead atoms. The van der Waals surface area contributed by atoms with Gasteiger partial charge < -0.3 is 19.1 Å². The second kappa shape index (κ2) is 10.4. The normalized spacial score (nSPS) is 15.0. The fraction of sp³-hybridized carbons (Fsp3) is 0.375. The molecule has 1 saturated heterocycles. The van der Waals surface area contributed by atoms with Crippen molar-refractivity contribution in [3.63, 3.8) is 0 Å². The molecule has 1 aliphatic rings. The number of esters is 1. The summed E-state index contributed by atoms with van der Waals surface area (Å²) < 4.78 is 44.2. The molecular weight excluding hydrogens is 472 g/mol. The Bertz CT molecular complexity index is 1330. The van der Waals surface area contributed by atoms with Gasteiger partial charge in [0.25, 0.3) is 0 Å². The highest BCUT2D eigenvalue weighted by Crippen LogP contribution is 2.31. The number of hydrogen-bond acceptors (Lipinski definition) is 9. The summed E-state index contributed by atoms with van der Waals surface area (Å²) in [5.41, 5.74) is 1.35. The van der Waals surface area contributed by atoms with E-state index in [1.165, 1.54) is 24.6 Å². The molecule has 11 heteroatoms. The summed E-state index contributed by atoms with van der Waals surface area (Å²) in [4.78, 5) is 23.8. The molecular formula is C24H28N4O6S. The topological polar surface area (TPSA) is 111 Å². The van der Waals surface area contributed by atoms with Gasteiger partial charge in [0, 0.05) is 32.2 Å². The Morgan fingerprint density at radius 3 is 2.40 bits per heavy atom. The van der Waals surface area contributed by atoms with Crippen molar-refractivity contribution in [2.45, 2.75) is 18.2 Å². The van der Waals surface area contributed by atoms with Crippen molar-refractivity contribution in [2.24, 2.45) is 0 Å². The molecule has 2 aromatic carbocycles. The first-order valence-electron chi connectivity index (χ1n) is 11.3. The molecule has 0 atom stereocenters. The number of methoxy groups -OCH3 is 2. The number of carbonyl (C=O) groups excluding carboxylic acids is 1. The van der Waals surface area contributed by atoms with Crippen LogP contribution in [0.2, 0.25) is 0 Å². The van der Waals surface area contributed by atoms with Crippen LogP contribution in [0.25, 0.3) is 11.0 Å². The molecule has 35 heavy (non-hydrogen) atoms. The van der Waals surface area contributed by atoms with Crippen LogP contribution in [0.4, 0.5) is 5.82 Å². The molecule has 3 aromatic rings. The zero-order chi connectivity index (χ0) is 25.0. The number of sulfonamides is 1. The Hall–Kier alpha value is -3.44. The summed E-state index contributed by atoms with van der Waals surface area (Å²) in [6.07, 6.45) is 0.530. The van der Waals surface area contributed by atoms with Crippen LogP contribution in [0, 0.1) is 0 Å². The molecule has 4 rings (SSSR count). The van der Waals surface area contributed by atoms with Gasteiger partial charge in [0.2, 0.25) is 10.0 Å². The van der Waals surface area contributed by atoms with Crippen LogP contribution in [-0.4, -0.2) is 75.7 Å². The van der Waals surface area contributed by atoms with Gasteiger partial charge in [0.1, 0.15) is 16.4 Å². The minimum atomic E-state index is -3.86. The Morgan fingerprint density at radius 1 is 0.971 bits per heavy atom. The summed E-state index contributed by atoms with van der Waals surface area (Å²) in [6, 6.07) is 12.0. The zero-order valence-corrected chi connectivity index (χ0v) is 20.7. The highest BCUT2D eigenvalue weighted by Gasteiger charge is 2.32. The maximum Gasteiger partial charge on any atom is 0.360 e. The van der Waals surface area contributed by atoms with Crippen molar-refractivity contribution in [3.05, 3.63) is 48.2 Å². The molecule has 0 unspecified atom stereocenters. The lowest BCUT2D eigenvalue weighted by molar-refractivity contribution is 0.0520. The van der Waals surface area contributed by atoms with Gasteiger partial charge in [-0.2, -0.15) is 4.31 Å². The van der Waals surface area contributed by atoms with Gasteiger partial charge in [-0.15, -0.1) is 0 Å². The van der Waals surface area contributed by atoms with E-state index >= 15 is 0 Å². The third-order valence-corrected chi connectivity index (χ3v) is 7.68. The molecule has 0 amide bonds. The number of rotatable bonds is 7. The van der Waals surface area contributed by atoms with Crippen molar-refractivity contribution >= 4 is 32.8 Å². The number of anilines is 1. The van der Waals surface area contributed by atoms with Crippen molar-refractivity contribution in [1.29, 1.82) is 0 Å². The van der Waals surface area contributed by atoms with E-state index in [1.54, 1.807) is 25.1 Å². The van der Waals surface area contributed by atoms with Crippen LogP contribution >= 0.6 is 0 Å². The summed E-state index contributed by atoms with van der Waals surface area (Å²) in [6.45, 7) is 3.26. The van der Waals surface area contributed by atoms with E-state index in [-0.39, 0.29) is 29.5 Å². The number of aromatic nitrogens is 2. The van der Waals surface area contributed by atoms with Crippen LogP contribution in [0.1, 0.15) is 23.8 Å². The predicted octanol–water partition coefficient (Wildman–Crippen LogP) is 2.72. The molecule has 0 spiro atoms. The number of nitrogens with zero attached hydrogens (tertiary/aromatic N) is 4. The van der Waals surface area contributed by atoms with E-state index in [1.807, 2.05) is 23.1 Å². The SMILES string of the molecule is CCOC(=O)c1nc2ccccc2nc1N1CCCN(S(=O)(=O)c2cc(OC)ccc2OC)CC1. The van der Waals surface area contributed by atoms with Gasteiger partial charge >= 0.3 is 5.97 Å². The van der Waals surface area contributed by atoms with Crippen molar-refractivity contribution in [1.82, 2.24) is 14.3 Å². The van der Waals surface area contributed by atoms with E-state index in [4.69, 9.17) is 19.2 Å². The average molecular weight is 501 g/mol. The Morgan fingerprint density at radius 2 is 1.71 bits per heavy atom. The Balaban J connectivity index is 1.65. The molecule has 2 heterocycles. The van der Waals surface area contributed by atoms with Crippen molar-refractivity contribution in [2.75, 3.05) is 51.9 Å². The van der Waals surface area contributed by atoms with Crippen LogP contribution < -0.4 is 14.4 Å². The summed E-state index contributed by atoms with van der Waals surface area (Å²) >= 11 is 0. The lowest BCUT2D eigenvalue weighted by Gasteiger charge is -2.24.